The van der Waals surface area contributed by atoms with Crippen LogP contribution in [-0.4, -0.2) is 22.2 Å². The van der Waals surface area contributed by atoms with Crippen molar-refractivity contribution < 1.29 is 14.1 Å². The smallest absolute Gasteiger partial charge is 0.273 e. The van der Waals surface area contributed by atoms with Crippen LogP contribution in [0.3, 0.4) is 0 Å². The maximum atomic E-state index is 12.2. The third-order valence-electron chi connectivity index (χ3n) is 3.75. The number of amides is 1. The lowest BCUT2D eigenvalue weighted by Crippen LogP contribution is -2.23. The molecule has 0 radical (unpaired) electrons. The lowest BCUT2D eigenvalue weighted by Gasteiger charge is -2.08. The minimum Gasteiger partial charge on any atom is -0.374 e. The number of aromatic nitrogens is 2. The van der Waals surface area contributed by atoms with Gasteiger partial charge >= 0.3 is 0 Å². The van der Waals surface area contributed by atoms with Crippen LogP contribution in [0.25, 0.3) is 11.3 Å². The fourth-order valence-electron chi connectivity index (χ4n) is 2.32. The molecule has 0 aliphatic carbocycles. The van der Waals surface area contributed by atoms with Gasteiger partial charge in [-0.05, 0) is 37.1 Å². The molecule has 0 spiro atoms. The van der Waals surface area contributed by atoms with Gasteiger partial charge in [0, 0.05) is 30.6 Å². The standard InChI is InChI=1S/C20H21N3O3/c1-14(2)25-13-16-7-5-15(6-8-16)11-22-20(24)18-10-19(26-23-18)17-4-3-9-21-12-17/h3-10,12,14H,11,13H2,1-2H3,(H,22,24). The number of rotatable bonds is 7. The van der Waals surface area contributed by atoms with E-state index in [4.69, 9.17) is 9.26 Å². The quantitative estimate of drug-likeness (QED) is 0.704. The first-order valence-corrected chi connectivity index (χ1v) is 8.46. The average Bonchev–Trinajstić information content (AvgIpc) is 3.16. The second-order valence-electron chi connectivity index (χ2n) is 6.18. The number of ether oxygens (including phenoxy) is 1. The molecule has 6 nitrogen and oxygen atoms in total. The Kier molecular flexibility index (Phi) is 5.76. The normalized spacial score (nSPS) is 10.9. The van der Waals surface area contributed by atoms with Crippen molar-refractivity contribution in [2.24, 2.45) is 0 Å². The molecule has 1 amide bonds. The predicted octanol–water partition coefficient (Wildman–Crippen LogP) is 3.59. The lowest BCUT2D eigenvalue weighted by molar-refractivity contribution is 0.0657. The van der Waals surface area contributed by atoms with Crippen molar-refractivity contribution in [1.82, 2.24) is 15.5 Å². The van der Waals surface area contributed by atoms with Crippen molar-refractivity contribution >= 4 is 5.91 Å². The SMILES string of the molecule is CC(C)OCc1ccc(CNC(=O)c2cc(-c3cccnc3)on2)cc1. The molecule has 0 fully saturated rings. The van der Waals surface area contributed by atoms with Crippen LogP contribution in [0.1, 0.15) is 35.5 Å². The van der Waals surface area contributed by atoms with E-state index in [9.17, 15) is 4.79 Å². The van der Waals surface area contributed by atoms with E-state index in [-0.39, 0.29) is 17.7 Å². The van der Waals surface area contributed by atoms with Gasteiger partial charge in [-0.1, -0.05) is 29.4 Å². The fourth-order valence-corrected chi connectivity index (χ4v) is 2.32. The zero-order valence-electron chi connectivity index (χ0n) is 14.8. The van der Waals surface area contributed by atoms with E-state index in [1.807, 2.05) is 44.2 Å². The summed E-state index contributed by atoms with van der Waals surface area (Å²) in [6.45, 7) is 5.01. The number of nitrogens with zero attached hydrogens (tertiary/aromatic N) is 2. The third kappa shape index (κ3) is 4.77. The second-order valence-corrected chi connectivity index (χ2v) is 6.18. The highest BCUT2D eigenvalue weighted by Gasteiger charge is 2.13. The second kappa shape index (κ2) is 8.40. The number of carbonyl (C=O) groups is 1. The first kappa shape index (κ1) is 17.8. The van der Waals surface area contributed by atoms with Gasteiger partial charge in [0.25, 0.3) is 5.91 Å². The molecular formula is C20H21N3O3. The van der Waals surface area contributed by atoms with Gasteiger partial charge in [0.15, 0.2) is 11.5 Å². The van der Waals surface area contributed by atoms with Crippen molar-refractivity contribution in [2.45, 2.75) is 33.1 Å². The van der Waals surface area contributed by atoms with Crippen molar-refractivity contribution in [2.75, 3.05) is 0 Å². The Morgan fingerprint density at radius 2 is 1.96 bits per heavy atom. The van der Waals surface area contributed by atoms with Gasteiger partial charge in [0.05, 0.1) is 12.7 Å². The summed E-state index contributed by atoms with van der Waals surface area (Å²) in [5.41, 5.74) is 3.12. The Bertz CT molecular complexity index is 842. The molecule has 0 saturated heterocycles. The summed E-state index contributed by atoms with van der Waals surface area (Å²) in [6, 6.07) is 13.2. The van der Waals surface area contributed by atoms with Crippen LogP contribution < -0.4 is 5.32 Å². The van der Waals surface area contributed by atoms with Gasteiger partial charge in [-0.3, -0.25) is 9.78 Å². The van der Waals surface area contributed by atoms with Crippen LogP contribution in [0.15, 0.2) is 59.4 Å². The Labute approximate surface area is 152 Å². The van der Waals surface area contributed by atoms with E-state index in [1.165, 1.54) is 0 Å². The Hall–Kier alpha value is -2.99. The predicted molar refractivity (Wildman–Crippen MR) is 97.3 cm³/mol. The summed E-state index contributed by atoms with van der Waals surface area (Å²) in [5.74, 6) is 0.230. The number of nitrogens with one attached hydrogen (secondary N) is 1. The van der Waals surface area contributed by atoms with E-state index >= 15 is 0 Å². The highest BCUT2D eigenvalue weighted by molar-refractivity contribution is 5.93. The minimum absolute atomic E-state index is 0.202. The van der Waals surface area contributed by atoms with Gasteiger partial charge < -0.3 is 14.6 Å². The van der Waals surface area contributed by atoms with Gasteiger partial charge in [-0.15, -0.1) is 0 Å². The molecule has 2 heterocycles. The molecule has 6 heteroatoms. The largest absolute Gasteiger partial charge is 0.374 e. The van der Waals surface area contributed by atoms with Crippen molar-refractivity contribution in [3.05, 3.63) is 71.7 Å². The van der Waals surface area contributed by atoms with Gasteiger partial charge in [0.2, 0.25) is 0 Å². The van der Waals surface area contributed by atoms with E-state index in [0.29, 0.717) is 18.9 Å². The van der Waals surface area contributed by atoms with Gasteiger partial charge in [0.1, 0.15) is 0 Å². The number of hydrogen-bond donors (Lipinski definition) is 1. The van der Waals surface area contributed by atoms with Crippen molar-refractivity contribution in [3.8, 4) is 11.3 Å². The summed E-state index contributed by atoms with van der Waals surface area (Å²) in [5, 5.41) is 6.67. The van der Waals surface area contributed by atoms with Gasteiger partial charge in [-0.25, -0.2) is 0 Å². The van der Waals surface area contributed by atoms with Crippen molar-refractivity contribution in [1.29, 1.82) is 0 Å². The minimum atomic E-state index is -0.281. The molecule has 26 heavy (non-hydrogen) atoms. The molecule has 1 aromatic carbocycles. The van der Waals surface area contributed by atoms with Crippen LogP contribution in [-0.2, 0) is 17.9 Å². The Morgan fingerprint density at radius 3 is 2.65 bits per heavy atom. The zero-order valence-corrected chi connectivity index (χ0v) is 14.8. The molecule has 0 atom stereocenters. The number of carbonyl (C=O) groups excluding carboxylic acids is 1. The molecular weight excluding hydrogens is 330 g/mol. The van der Waals surface area contributed by atoms with E-state index in [1.54, 1.807) is 24.5 Å². The van der Waals surface area contributed by atoms with Gasteiger partial charge in [-0.2, -0.15) is 0 Å². The number of pyridine rings is 1. The fraction of sp³-hybridized carbons (Fsp3) is 0.250. The van der Waals surface area contributed by atoms with E-state index in [0.717, 1.165) is 16.7 Å². The summed E-state index contributed by atoms with van der Waals surface area (Å²) in [6.07, 6.45) is 3.54. The zero-order chi connectivity index (χ0) is 18.4. The average molecular weight is 351 g/mol. The first-order chi connectivity index (χ1) is 12.6. The number of hydrogen-bond acceptors (Lipinski definition) is 5. The molecule has 3 rings (SSSR count). The highest BCUT2D eigenvalue weighted by atomic mass is 16.5. The monoisotopic (exact) mass is 351 g/mol. The van der Waals surface area contributed by atoms with Crippen LogP contribution in [0.5, 0.6) is 0 Å². The summed E-state index contributed by atoms with van der Waals surface area (Å²) < 4.78 is 10.8. The third-order valence-corrected chi connectivity index (χ3v) is 3.75. The lowest BCUT2D eigenvalue weighted by atomic mass is 10.1. The topological polar surface area (TPSA) is 77.2 Å². The van der Waals surface area contributed by atoms with Crippen LogP contribution >= 0.6 is 0 Å². The Balaban J connectivity index is 1.55. The summed E-state index contributed by atoms with van der Waals surface area (Å²) in [7, 11) is 0. The van der Waals surface area contributed by atoms with Crippen LogP contribution in [0.4, 0.5) is 0 Å². The number of benzene rings is 1. The molecule has 3 aromatic rings. The molecule has 0 saturated carbocycles. The van der Waals surface area contributed by atoms with E-state index < -0.39 is 0 Å². The van der Waals surface area contributed by atoms with Crippen molar-refractivity contribution in [3.63, 3.8) is 0 Å². The Morgan fingerprint density at radius 1 is 1.19 bits per heavy atom. The maximum absolute atomic E-state index is 12.2. The van der Waals surface area contributed by atoms with E-state index in [2.05, 4.69) is 15.5 Å². The molecule has 0 aliphatic heterocycles. The first-order valence-electron chi connectivity index (χ1n) is 8.46. The summed E-state index contributed by atoms with van der Waals surface area (Å²) in [4.78, 5) is 16.3. The summed E-state index contributed by atoms with van der Waals surface area (Å²) >= 11 is 0. The van der Waals surface area contributed by atoms with Crippen LogP contribution in [0, 0.1) is 0 Å². The molecule has 134 valence electrons. The molecule has 0 unspecified atom stereocenters. The molecule has 0 bridgehead atoms. The molecule has 2 aromatic heterocycles. The maximum Gasteiger partial charge on any atom is 0.273 e. The highest BCUT2D eigenvalue weighted by Crippen LogP contribution is 2.18. The molecule has 1 N–H and O–H groups in total. The van der Waals surface area contributed by atoms with Crippen LogP contribution in [0.2, 0.25) is 0 Å². The molecule has 0 aliphatic rings.